The van der Waals surface area contributed by atoms with Crippen LogP contribution in [0.4, 0.5) is 4.39 Å². The summed E-state index contributed by atoms with van der Waals surface area (Å²) in [7, 11) is 1.43. The van der Waals surface area contributed by atoms with Crippen molar-refractivity contribution >= 4 is 36.0 Å². The van der Waals surface area contributed by atoms with E-state index in [-0.39, 0.29) is 80.4 Å². The number of halogens is 2. The van der Waals surface area contributed by atoms with Crippen molar-refractivity contribution in [3.8, 4) is 28.6 Å². The first-order valence-electron chi connectivity index (χ1n) is 17.6. The Morgan fingerprint density at radius 1 is 1.02 bits per heavy atom. The zero-order valence-corrected chi connectivity index (χ0v) is 31.3. The molecule has 0 unspecified atom stereocenters. The van der Waals surface area contributed by atoms with Gasteiger partial charge in [0.05, 0.1) is 13.2 Å². The van der Waals surface area contributed by atoms with E-state index < -0.39 is 29.7 Å². The van der Waals surface area contributed by atoms with Crippen LogP contribution in [0.2, 0.25) is 0 Å². The monoisotopic (exact) mass is 764 g/mol. The van der Waals surface area contributed by atoms with Crippen molar-refractivity contribution in [3.05, 3.63) is 89.5 Å². The van der Waals surface area contributed by atoms with E-state index in [1.165, 1.54) is 30.0 Å². The summed E-state index contributed by atoms with van der Waals surface area (Å²) in [6.07, 6.45) is 1.10. The van der Waals surface area contributed by atoms with Gasteiger partial charge >= 0.3 is 0 Å². The van der Waals surface area contributed by atoms with E-state index in [9.17, 15) is 19.2 Å². The standard InChI is InChI=1S/C38H45FN8O6.ClH/c1-4-29-38(51)42-22-25-13-15-30(28(39)20-25)53-32-21-27(14-16-31(32)52-3)37(50)41-17-9-19-46(18-8-12-33(48)43-29)34(49)23-47-36(24(2)40)44-35(45-47)26-10-6-5-7-11-26;/h5-7,10-11,13-16,20-21,24,29H,4,8-9,12,17-19,22-23,40H2,1-3H3,(H,41,50)(H,42,51)(H,43,48);1H/t24-,29-;/m0./s1. The van der Waals surface area contributed by atoms with Gasteiger partial charge in [0.25, 0.3) is 5.91 Å². The van der Waals surface area contributed by atoms with Gasteiger partial charge in [-0.1, -0.05) is 43.3 Å². The summed E-state index contributed by atoms with van der Waals surface area (Å²) < 4.78 is 27.8. The molecule has 0 saturated carbocycles. The molecule has 4 bridgehead atoms. The Morgan fingerprint density at radius 3 is 2.48 bits per heavy atom. The van der Waals surface area contributed by atoms with Gasteiger partial charge in [0, 0.05) is 43.7 Å². The Balaban J connectivity index is 0.00000650. The summed E-state index contributed by atoms with van der Waals surface area (Å²) in [6, 6.07) is 16.9. The van der Waals surface area contributed by atoms with E-state index in [1.54, 1.807) is 36.9 Å². The molecule has 54 heavy (non-hydrogen) atoms. The van der Waals surface area contributed by atoms with Crippen LogP contribution in [0.3, 0.4) is 0 Å². The summed E-state index contributed by atoms with van der Waals surface area (Å²) in [5.41, 5.74) is 7.73. The molecule has 3 heterocycles. The number of aromatic nitrogens is 3. The first-order chi connectivity index (χ1) is 25.6. The highest BCUT2D eigenvalue weighted by molar-refractivity contribution is 5.95. The maximum Gasteiger partial charge on any atom is 0.251 e. The van der Waals surface area contributed by atoms with Gasteiger partial charge in [0.2, 0.25) is 17.7 Å². The summed E-state index contributed by atoms with van der Waals surface area (Å²) in [5, 5.41) is 13.0. The van der Waals surface area contributed by atoms with E-state index in [4.69, 9.17) is 15.2 Å². The van der Waals surface area contributed by atoms with E-state index in [0.29, 0.717) is 42.2 Å². The molecule has 0 radical (unpaired) electrons. The van der Waals surface area contributed by atoms with Crippen LogP contribution in [-0.2, 0) is 27.5 Å². The smallest absolute Gasteiger partial charge is 0.251 e. The number of rotatable bonds is 6. The average molecular weight is 765 g/mol. The van der Waals surface area contributed by atoms with Crippen LogP contribution < -0.4 is 31.2 Å². The van der Waals surface area contributed by atoms with Crippen LogP contribution in [0.1, 0.15) is 67.3 Å². The molecular weight excluding hydrogens is 719 g/mol. The lowest BCUT2D eigenvalue weighted by atomic mass is 10.1. The highest BCUT2D eigenvalue weighted by atomic mass is 35.5. The van der Waals surface area contributed by atoms with Gasteiger partial charge in [-0.25, -0.2) is 14.1 Å². The number of nitrogens with zero attached hydrogens (tertiary/aromatic N) is 4. The Hall–Kier alpha value is -5.54. The lowest BCUT2D eigenvalue weighted by molar-refractivity contribution is -0.133. The number of amides is 4. The number of benzene rings is 3. The molecule has 14 nitrogen and oxygen atoms in total. The topological polar surface area (TPSA) is 183 Å². The van der Waals surface area contributed by atoms with Crippen molar-refractivity contribution in [3.63, 3.8) is 0 Å². The molecule has 16 heteroatoms. The number of carbonyl (C=O) groups is 4. The number of ether oxygens (including phenoxy) is 2. The van der Waals surface area contributed by atoms with Gasteiger partial charge in [-0.2, -0.15) is 5.10 Å². The van der Waals surface area contributed by atoms with Crippen molar-refractivity contribution in [2.45, 2.75) is 64.7 Å². The minimum absolute atomic E-state index is 0. The van der Waals surface area contributed by atoms with Crippen molar-refractivity contribution in [1.82, 2.24) is 35.6 Å². The van der Waals surface area contributed by atoms with Crippen LogP contribution in [0, 0.1) is 5.82 Å². The summed E-state index contributed by atoms with van der Waals surface area (Å²) in [4.78, 5) is 59.1. The Kier molecular flexibility index (Phi) is 14.9. The second kappa shape index (κ2) is 19.5. The van der Waals surface area contributed by atoms with Gasteiger partial charge in [-0.3, -0.25) is 19.2 Å². The molecule has 2 aliphatic heterocycles. The fourth-order valence-electron chi connectivity index (χ4n) is 5.80. The third-order valence-electron chi connectivity index (χ3n) is 8.67. The van der Waals surface area contributed by atoms with Gasteiger partial charge in [-0.05, 0) is 62.1 Å². The van der Waals surface area contributed by atoms with Gasteiger partial charge < -0.3 is 36.1 Å². The van der Waals surface area contributed by atoms with Crippen molar-refractivity contribution in [2.24, 2.45) is 5.73 Å². The molecule has 0 fully saturated rings. The molecule has 1 aromatic heterocycles. The number of nitrogens with one attached hydrogen (secondary N) is 3. The second-order valence-electron chi connectivity index (χ2n) is 12.7. The highest BCUT2D eigenvalue weighted by Crippen LogP contribution is 2.34. The lowest BCUT2D eigenvalue weighted by Crippen LogP contribution is -2.46. The van der Waals surface area contributed by atoms with E-state index in [0.717, 1.165) is 5.56 Å². The van der Waals surface area contributed by atoms with Crippen LogP contribution in [-0.4, -0.2) is 76.1 Å². The van der Waals surface area contributed by atoms with Crippen LogP contribution >= 0.6 is 12.4 Å². The first kappa shape index (κ1) is 41.2. The summed E-state index contributed by atoms with van der Waals surface area (Å²) in [5.74, 6) is -0.899. The van der Waals surface area contributed by atoms with Crippen LogP contribution in [0.25, 0.3) is 11.4 Å². The molecular formula is C38H46ClFN8O6. The number of nitrogens with two attached hydrogens (primary N) is 1. The Labute approximate surface area is 319 Å². The van der Waals surface area contributed by atoms with E-state index in [2.05, 4.69) is 26.0 Å². The molecule has 0 saturated heterocycles. The quantitative estimate of drug-likeness (QED) is 0.223. The fraction of sp³-hybridized carbons (Fsp3) is 0.368. The summed E-state index contributed by atoms with van der Waals surface area (Å²) >= 11 is 0. The molecule has 5 N–H and O–H groups in total. The van der Waals surface area contributed by atoms with Crippen LogP contribution in [0.15, 0.2) is 66.7 Å². The molecule has 2 aliphatic rings. The second-order valence-corrected chi connectivity index (χ2v) is 12.7. The molecule has 3 aromatic carbocycles. The van der Waals surface area contributed by atoms with Crippen molar-refractivity contribution in [1.29, 1.82) is 0 Å². The third kappa shape index (κ3) is 10.8. The van der Waals surface area contributed by atoms with E-state index in [1.807, 2.05) is 30.3 Å². The predicted octanol–water partition coefficient (Wildman–Crippen LogP) is 4.28. The number of methoxy groups -OCH3 is 1. The van der Waals surface area contributed by atoms with Crippen molar-refractivity contribution < 1.29 is 33.0 Å². The minimum Gasteiger partial charge on any atom is -0.493 e. The lowest BCUT2D eigenvalue weighted by Gasteiger charge is -2.24. The first-order valence-corrected chi connectivity index (χ1v) is 17.6. The van der Waals surface area contributed by atoms with Crippen molar-refractivity contribution in [2.75, 3.05) is 26.7 Å². The van der Waals surface area contributed by atoms with Gasteiger partial charge in [0.1, 0.15) is 18.4 Å². The van der Waals surface area contributed by atoms with Gasteiger partial charge in [0.15, 0.2) is 28.9 Å². The predicted molar refractivity (Wildman–Crippen MR) is 202 cm³/mol. The van der Waals surface area contributed by atoms with Gasteiger partial charge in [-0.15, -0.1) is 12.4 Å². The molecule has 4 amide bonds. The molecule has 4 aromatic rings. The number of hydrogen-bond donors (Lipinski definition) is 4. The Bertz CT molecular complexity index is 1920. The summed E-state index contributed by atoms with van der Waals surface area (Å²) in [6.45, 7) is 4.14. The number of hydrogen-bond acceptors (Lipinski definition) is 9. The highest BCUT2D eigenvalue weighted by Gasteiger charge is 2.23. The largest absolute Gasteiger partial charge is 0.493 e. The normalized spacial score (nSPS) is 16.6. The molecule has 0 spiro atoms. The average Bonchev–Trinajstić information content (AvgIpc) is 3.58. The maximum atomic E-state index is 15.1. The number of fused-ring (bicyclic) bond motifs is 16. The fourth-order valence-corrected chi connectivity index (χ4v) is 5.80. The molecule has 0 aliphatic carbocycles. The van der Waals surface area contributed by atoms with E-state index >= 15 is 4.39 Å². The molecule has 2 atom stereocenters. The maximum absolute atomic E-state index is 15.1. The zero-order valence-electron chi connectivity index (χ0n) is 30.5. The van der Waals surface area contributed by atoms with Crippen LogP contribution in [0.5, 0.6) is 17.2 Å². The SMILES string of the molecule is CC[C@@H]1NC(=O)CCCN(C(=O)Cn2nc(-c3ccccc3)nc2[C@H](C)N)CCCNC(=O)c2ccc(OC)c(c2)Oc2ccc(cc2F)CNC1=O.Cl. The number of carbonyl (C=O) groups excluding carboxylic acids is 4. The molecule has 6 rings (SSSR count). The Morgan fingerprint density at radius 2 is 1.78 bits per heavy atom. The minimum atomic E-state index is -0.805. The zero-order chi connectivity index (χ0) is 37.9. The third-order valence-corrected chi connectivity index (χ3v) is 8.67. The molecule has 288 valence electrons.